The molecule has 1 saturated carbocycles. The Morgan fingerprint density at radius 2 is 2.24 bits per heavy atom. The lowest BCUT2D eigenvalue weighted by molar-refractivity contribution is -0.129. The molecular formula is C15H19N3O3. The van der Waals surface area contributed by atoms with E-state index in [1.54, 1.807) is 17.2 Å². The molecule has 1 aromatic heterocycles. The van der Waals surface area contributed by atoms with E-state index in [1.807, 2.05) is 6.07 Å². The van der Waals surface area contributed by atoms with E-state index in [4.69, 9.17) is 4.42 Å². The van der Waals surface area contributed by atoms with E-state index < -0.39 is 0 Å². The number of hydrogen-bond acceptors (Lipinski definition) is 4. The maximum atomic E-state index is 12.1. The highest BCUT2D eigenvalue weighted by Gasteiger charge is 2.34. The number of nitrogens with one attached hydrogen (secondary N) is 1. The smallest absolute Gasteiger partial charge is 0.245 e. The molecule has 6 nitrogen and oxygen atoms in total. The highest BCUT2D eigenvalue weighted by Crippen LogP contribution is 2.21. The average Bonchev–Trinajstić information content (AvgIpc) is 3.20. The Kier molecular flexibility index (Phi) is 4.03. The highest BCUT2D eigenvalue weighted by molar-refractivity contribution is 5.91. The van der Waals surface area contributed by atoms with Crippen molar-refractivity contribution in [3.05, 3.63) is 24.2 Å². The summed E-state index contributed by atoms with van der Waals surface area (Å²) in [4.78, 5) is 25.7. The molecular weight excluding hydrogens is 270 g/mol. The average molecular weight is 289 g/mol. The van der Waals surface area contributed by atoms with Crippen LogP contribution < -0.4 is 5.43 Å². The first kappa shape index (κ1) is 13.9. The maximum absolute atomic E-state index is 12.1. The zero-order chi connectivity index (χ0) is 14.7. The van der Waals surface area contributed by atoms with Crippen LogP contribution in [0.1, 0.15) is 37.9 Å². The minimum Gasteiger partial charge on any atom is -0.467 e. The van der Waals surface area contributed by atoms with Crippen LogP contribution in [0.5, 0.6) is 0 Å². The van der Waals surface area contributed by atoms with Gasteiger partial charge in [0.1, 0.15) is 5.76 Å². The molecule has 0 aromatic carbocycles. The predicted molar refractivity (Wildman–Crippen MR) is 76.3 cm³/mol. The Hall–Kier alpha value is -2.11. The standard InChI is InChI=1S/C15H19N3O3/c19-14-8-11(9-18(14)10-13-6-3-7-21-13)15(20)17-16-12-4-1-2-5-12/h3,6-7,11H,1-2,4-5,8-10H2,(H,17,20). The van der Waals surface area contributed by atoms with Crippen LogP contribution in [0.15, 0.2) is 27.9 Å². The van der Waals surface area contributed by atoms with Crippen molar-refractivity contribution in [3.63, 3.8) is 0 Å². The summed E-state index contributed by atoms with van der Waals surface area (Å²) in [5.41, 5.74) is 3.67. The second-order valence-electron chi connectivity index (χ2n) is 5.62. The summed E-state index contributed by atoms with van der Waals surface area (Å²) in [7, 11) is 0. The minimum atomic E-state index is -0.321. The Morgan fingerprint density at radius 3 is 2.95 bits per heavy atom. The van der Waals surface area contributed by atoms with Crippen LogP contribution in [0.2, 0.25) is 0 Å². The van der Waals surface area contributed by atoms with Crippen molar-refractivity contribution >= 4 is 17.5 Å². The largest absolute Gasteiger partial charge is 0.467 e. The maximum Gasteiger partial charge on any atom is 0.245 e. The number of nitrogens with zero attached hydrogens (tertiary/aromatic N) is 2. The molecule has 1 saturated heterocycles. The molecule has 0 bridgehead atoms. The van der Waals surface area contributed by atoms with Crippen molar-refractivity contribution < 1.29 is 14.0 Å². The van der Waals surface area contributed by atoms with Crippen molar-refractivity contribution in [2.24, 2.45) is 11.0 Å². The molecule has 21 heavy (non-hydrogen) atoms. The van der Waals surface area contributed by atoms with E-state index in [0.29, 0.717) is 13.1 Å². The summed E-state index contributed by atoms with van der Waals surface area (Å²) < 4.78 is 5.24. The lowest BCUT2D eigenvalue weighted by atomic mass is 10.1. The number of furan rings is 1. The van der Waals surface area contributed by atoms with E-state index >= 15 is 0 Å². The van der Waals surface area contributed by atoms with Gasteiger partial charge in [-0.3, -0.25) is 9.59 Å². The van der Waals surface area contributed by atoms with Crippen molar-refractivity contribution in [1.82, 2.24) is 10.3 Å². The van der Waals surface area contributed by atoms with Gasteiger partial charge in [0.2, 0.25) is 11.8 Å². The number of rotatable bonds is 4. The molecule has 0 spiro atoms. The fourth-order valence-corrected chi connectivity index (χ4v) is 2.81. The molecule has 1 aromatic rings. The van der Waals surface area contributed by atoms with Crippen LogP contribution in [0.3, 0.4) is 0 Å². The quantitative estimate of drug-likeness (QED) is 0.857. The molecule has 3 rings (SSSR count). The summed E-state index contributed by atoms with van der Waals surface area (Å²) in [6.45, 7) is 0.848. The summed E-state index contributed by atoms with van der Waals surface area (Å²) in [5, 5.41) is 4.16. The van der Waals surface area contributed by atoms with Crippen LogP contribution in [-0.2, 0) is 16.1 Å². The third kappa shape index (κ3) is 3.32. The third-order valence-corrected chi connectivity index (χ3v) is 4.02. The highest BCUT2D eigenvalue weighted by atomic mass is 16.3. The van der Waals surface area contributed by atoms with Crippen molar-refractivity contribution in [1.29, 1.82) is 0 Å². The van der Waals surface area contributed by atoms with Crippen LogP contribution in [0.4, 0.5) is 0 Å². The van der Waals surface area contributed by atoms with E-state index in [1.165, 1.54) is 0 Å². The summed E-state index contributed by atoms with van der Waals surface area (Å²) >= 11 is 0. The Labute approximate surface area is 123 Å². The van der Waals surface area contributed by atoms with Crippen LogP contribution >= 0.6 is 0 Å². The minimum absolute atomic E-state index is 0.0138. The second kappa shape index (κ2) is 6.11. The first-order valence-corrected chi connectivity index (χ1v) is 7.38. The lowest BCUT2D eigenvalue weighted by Crippen LogP contribution is -2.30. The van der Waals surface area contributed by atoms with Crippen molar-refractivity contribution in [3.8, 4) is 0 Å². The Morgan fingerprint density at radius 1 is 1.43 bits per heavy atom. The number of hydrazone groups is 1. The summed E-state index contributed by atoms with van der Waals surface area (Å²) in [5.74, 6) is 0.235. The topological polar surface area (TPSA) is 74.9 Å². The molecule has 1 aliphatic carbocycles. The molecule has 2 aliphatic rings. The monoisotopic (exact) mass is 289 g/mol. The zero-order valence-corrected chi connectivity index (χ0v) is 11.9. The van der Waals surface area contributed by atoms with Gasteiger partial charge in [0.05, 0.1) is 18.7 Å². The number of carbonyl (C=O) groups excluding carboxylic acids is 2. The molecule has 112 valence electrons. The van der Waals surface area contributed by atoms with E-state index in [9.17, 15) is 9.59 Å². The number of hydrogen-bond donors (Lipinski definition) is 1. The second-order valence-corrected chi connectivity index (χ2v) is 5.62. The van der Waals surface area contributed by atoms with Crippen LogP contribution in [0, 0.1) is 5.92 Å². The predicted octanol–water partition coefficient (Wildman–Crippen LogP) is 1.67. The molecule has 2 amide bonds. The van der Waals surface area contributed by atoms with Gasteiger partial charge in [-0.25, -0.2) is 5.43 Å². The Balaban J connectivity index is 1.53. The molecule has 2 heterocycles. The van der Waals surface area contributed by atoms with Gasteiger partial charge in [0.25, 0.3) is 0 Å². The van der Waals surface area contributed by atoms with Crippen molar-refractivity contribution in [2.75, 3.05) is 6.54 Å². The molecule has 0 radical (unpaired) electrons. The van der Waals surface area contributed by atoms with Crippen molar-refractivity contribution in [2.45, 2.75) is 38.6 Å². The van der Waals surface area contributed by atoms with Gasteiger partial charge in [0, 0.05) is 18.7 Å². The molecule has 1 atom stereocenters. The normalized spacial score (nSPS) is 21.9. The van der Waals surface area contributed by atoms with E-state index in [2.05, 4.69) is 10.5 Å². The molecule has 1 aliphatic heterocycles. The Bertz CT molecular complexity index is 543. The zero-order valence-electron chi connectivity index (χ0n) is 11.9. The van der Waals surface area contributed by atoms with Gasteiger partial charge < -0.3 is 9.32 Å². The molecule has 2 fully saturated rings. The SMILES string of the molecule is O=C(NN=C1CCCC1)C1CC(=O)N(Cc2ccco2)C1. The first-order valence-electron chi connectivity index (χ1n) is 7.38. The van der Waals surface area contributed by atoms with Gasteiger partial charge in [-0.2, -0.15) is 5.10 Å². The molecule has 1 N–H and O–H groups in total. The van der Waals surface area contributed by atoms with Gasteiger partial charge in [-0.15, -0.1) is 0 Å². The van der Waals surface area contributed by atoms with Crippen LogP contribution in [-0.4, -0.2) is 29.0 Å². The summed E-state index contributed by atoms with van der Waals surface area (Å²) in [6.07, 6.45) is 6.05. The summed E-state index contributed by atoms with van der Waals surface area (Å²) in [6, 6.07) is 3.62. The van der Waals surface area contributed by atoms with E-state index in [0.717, 1.165) is 37.2 Å². The third-order valence-electron chi connectivity index (χ3n) is 4.02. The molecule has 6 heteroatoms. The van der Waals surface area contributed by atoms with Gasteiger partial charge in [-0.1, -0.05) is 0 Å². The number of amides is 2. The van der Waals surface area contributed by atoms with Gasteiger partial charge in [0.15, 0.2) is 0 Å². The molecule has 1 unspecified atom stereocenters. The first-order chi connectivity index (χ1) is 10.2. The lowest BCUT2D eigenvalue weighted by Gasteiger charge is -2.14. The number of likely N-dealkylation sites (tertiary alicyclic amines) is 1. The van der Waals surface area contributed by atoms with Gasteiger partial charge >= 0.3 is 0 Å². The van der Waals surface area contributed by atoms with Crippen LogP contribution in [0.25, 0.3) is 0 Å². The fraction of sp³-hybridized carbons (Fsp3) is 0.533. The van der Waals surface area contributed by atoms with Gasteiger partial charge in [-0.05, 0) is 37.8 Å². The fourth-order valence-electron chi connectivity index (χ4n) is 2.81. The number of carbonyl (C=O) groups is 2. The van der Waals surface area contributed by atoms with E-state index in [-0.39, 0.29) is 24.2 Å².